The molecule has 0 heterocycles. The Bertz CT molecular complexity index is 399. The van der Waals surface area contributed by atoms with Crippen LogP contribution in [0.3, 0.4) is 0 Å². The van der Waals surface area contributed by atoms with Gasteiger partial charge in [0, 0.05) is 19.3 Å². The van der Waals surface area contributed by atoms with E-state index in [0.29, 0.717) is 26.4 Å². The lowest BCUT2D eigenvalue weighted by Gasteiger charge is -2.08. The second-order valence-corrected chi connectivity index (χ2v) is 3.59. The fraction of sp³-hybridized carbons (Fsp3) is 0.417. The molecule has 0 radical (unpaired) electrons. The molecule has 0 unspecified atom stereocenters. The molecule has 1 amide bonds. The van der Waals surface area contributed by atoms with Gasteiger partial charge in [-0.25, -0.2) is 4.39 Å². The van der Waals surface area contributed by atoms with Gasteiger partial charge >= 0.3 is 0 Å². The summed E-state index contributed by atoms with van der Waals surface area (Å²) >= 11 is 0. The molecule has 100 valence electrons. The highest BCUT2D eigenvalue weighted by atomic mass is 19.1. The Morgan fingerprint density at radius 2 is 2.17 bits per heavy atom. The van der Waals surface area contributed by atoms with E-state index in [0.717, 1.165) is 6.07 Å². The minimum absolute atomic E-state index is 0.131. The molecular formula is C12H17FN2O3. The molecule has 5 nitrogen and oxygen atoms in total. The van der Waals surface area contributed by atoms with E-state index in [1.165, 1.54) is 12.1 Å². The van der Waals surface area contributed by atoms with E-state index in [2.05, 4.69) is 5.32 Å². The van der Waals surface area contributed by atoms with Gasteiger partial charge in [0.05, 0.1) is 25.4 Å². The highest BCUT2D eigenvalue weighted by Crippen LogP contribution is 2.12. The number of hydrogen-bond acceptors (Lipinski definition) is 4. The van der Waals surface area contributed by atoms with Gasteiger partial charge in [-0.2, -0.15) is 0 Å². The van der Waals surface area contributed by atoms with E-state index >= 15 is 0 Å². The van der Waals surface area contributed by atoms with Gasteiger partial charge in [-0.05, 0) is 18.2 Å². The second-order valence-electron chi connectivity index (χ2n) is 3.59. The van der Waals surface area contributed by atoms with Crippen LogP contribution in [0.4, 0.5) is 10.1 Å². The van der Waals surface area contributed by atoms with Crippen LogP contribution in [0.5, 0.6) is 0 Å². The zero-order valence-corrected chi connectivity index (χ0v) is 10.2. The third-order valence-corrected chi connectivity index (χ3v) is 2.22. The summed E-state index contributed by atoms with van der Waals surface area (Å²) in [7, 11) is 1.58. The highest BCUT2D eigenvalue weighted by Gasteiger charge is 2.09. The lowest BCUT2D eigenvalue weighted by Crippen LogP contribution is -2.28. The normalized spacial score (nSPS) is 10.3. The summed E-state index contributed by atoms with van der Waals surface area (Å²) < 4.78 is 22.9. The first-order valence-electron chi connectivity index (χ1n) is 5.55. The summed E-state index contributed by atoms with van der Waals surface area (Å²) in [5.74, 6) is -0.909. The van der Waals surface area contributed by atoms with E-state index in [-0.39, 0.29) is 11.3 Å². The van der Waals surface area contributed by atoms with Crippen molar-refractivity contribution in [2.24, 2.45) is 0 Å². The van der Waals surface area contributed by atoms with E-state index in [1.54, 1.807) is 7.11 Å². The average Bonchev–Trinajstić information content (AvgIpc) is 2.36. The first-order chi connectivity index (χ1) is 8.65. The predicted molar refractivity (Wildman–Crippen MR) is 65.8 cm³/mol. The van der Waals surface area contributed by atoms with Gasteiger partial charge in [-0.15, -0.1) is 0 Å². The topological polar surface area (TPSA) is 73.6 Å². The number of carbonyl (C=O) groups is 1. The monoisotopic (exact) mass is 256 g/mol. The van der Waals surface area contributed by atoms with Crippen LogP contribution in [0.15, 0.2) is 18.2 Å². The average molecular weight is 256 g/mol. The van der Waals surface area contributed by atoms with E-state index < -0.39 is 11.7 Å². The zero-order valence-electron chi connectivity index (χ0n) is 10.2. The third-order valence-electron chi connectivity index (χ3n) is 2.22. The van der Waals surface area contributed by atoms with Gasteiger partial charge in [0.25, 0.3) is 5.91 Å². The molecule has 1 aromatic rings. The zero-order chi connectivity index (χ0) is 13.4. The first-order valence-corrected chi connectivity index (χ1v) is 5.55. The van der Waals surface area contributed by atoms with Crippen LogP contribution >= 0.6 is 0 Å². The maximum absolute atomic E-state index is 13.0. The van der Waals surface area contributed by atoms with Crippen LogP contribution in [-0.2, 0) is 9.47 Å². The van der Waals surface area contributed by atoms with Crippen molar-refractivity contribution in [2.75, 3.05) is 39.2 Å². The number of methoxy groups -OCH3 is 1. The van der Waals surface area contributed by atoms with Crippen LogP contribution < -0.4 is 11.1 Å². The van der Waals surface area contributed by atoms with Crippen molar-refractivity contribution >= 4 is 11.6 Å². The van der Waals surface area contributed by atoms with Crippen molar-refractivity contribution in [1.82, 2.24) is 5.32 Å². The maximum Gasteiger partial charge on any atom is 0.253 e. The molecular weight excluding hydrogens is 239 g/mol. The lowest BCUT2D eigenvalue weighted by atomic mass is 10.1. The Hall–Kier alpha value is -1.66. The van der Waals surface area contributed by atoms with Crippen LogP contribution in [-0.4, -0.2) is 39.4 Å². The van der Waals surface area contributed by atoms with Crippen molar-refractivity contribution in [3.63, 3.8) is 0 Å². The molecule has 0 bridgehead atoms. The minimum atomic E-state index is -0.495. The van der Waals surface area contributed by atoms with Gasteiger partial charge in [-0.3, -0.25) is 4.79 Å². The van der Waals surface area contributed by atoms with Crippen molar-refractivity contribution in [2.45, 2.75) is 0 Å². The molecule has 0 saturated carbocycles. The fourth-order valence-electron chi connectivity index (χ4n) is 1.30. The smallest absolute Gasteiger partial charge is 0.253 e. The fourth-order valence-corrected chi connectivity index (χ4v) is 1.30. The second kappa shape index (κ2) is 7.62. The number of amides is 1. The van der Waals surface area contributed by atoms with Crippen LogP contribution in [0.2, 0.25) is 0 Å². The van der Waals surface area contributed by atoms with Crippen molar-refractivity contribution in [3.8, 4) is 0 Å². The third kappa shape index (κ3) is 4.68. The molecule has 0 aliphatic heterocycles. The van der Waals surface area contributed by atoms with Gasteiger partial charge in [0.2, 0.25) is 0 Å². The number of nitrogens with two attached hydrogens (primary N) is 1. The SMILES string of the molecule is COCCOCCNC(=O)c1cc(F)ccc1N. The largest absolute Gasteiger partial charge is 0.398 e. The summed E-state index contributed by atoms with van der Waals surface area (Å²) in [6, 6.07) is 3.68. The number of nitrogens with one attached hydrogen (secondary N) is 1. The number of nitrogen functional groups attached to an aromatic ring is 1. The summed E-state index contributed by atoms with van der Waals surface area (Å²) in [6.45, 7) is 1.67. The van der Waals surface area contributed by atoms with E-state index in [4.69, 9.17) is 15.2 Å². The maximum atomic E-state index is 13.0. The number of hydrogen-bond donors (Lipinski definition) is 2. The Morgan fingerprint density at radius 3 is 2.89 bits per heavy atom. The van der Waals surface area contributed by atoms with Crippen molar-refractivity contribution in [1.29, 1.82) is 0 Å². The van der Waals surface area contributed by atoms with Crippen molar-refractivity contribution in [3.05, 3.63) is 29.6 Å². The number of carbonyl (C=O) groups excluding carboxylic acids is 1. The summed E-state index contributed by atoms with van der Waals surface area (Å²) in [6.07, 6.45) is 0. The number of anilines is 1. The molecule has 3 N–H and O–H groups in total. The van der Waals surface area contributed by atoms with Gasteiger partial charge in [-0.1, -0.05) is 0 Å². The van der Waals surface area contributed by atoms with Gasteiger partial charge in [0.1, 0.15) is 5.82 Å². The standard InChI is InChI=1S/C12H17FN2O3/c1-17-6-7-18-5-4-15-12(16)10-8-9(13)2-3-11(10)14/h2-3,8H,4-7,14H2,1H3,(H,15,16). The molecule has 1 aromatic carbocycles. The van der Waals surface area contributed by atoms with Gasteiger partial charge < -0.3 is 20.5 Å². The molecule has 0 atom stereocenters. The van der Waals surface area contributed by atoms with E-state index in [1.807, 2.05) is 0 Å². The molecule has 0 aliphatic carbocycles. The number of halogens is 1. The molecule has 0 aliphatic rings. The van der Waals surface area contributed by atoms with Crippen LogP contribution in [0.1, 0.15) is 10.4 Å². The van der Waals surface area contributed by atoms with E-state index in [9.17, 15) is 9.18 Å². The van der Waals surface area contributed by atoms with Gasteiger partial charge in [0.15, 0.2) is 0 Å². The summed E-state index contributed by atoms with van der Waals surface area (Å²) in [5.41, 5.74) is 5.96. The minimum Gasteiger partial charge on any atom is -0.398 e. The van der Waals surface area contributed by atoms with Crippen molar-refractivity contribution < 1.29 is 18.7 Å². The number of ether oxygens (including phenoxy) is 2. The molecule has 0 spiro atoms. The van der Waals surface area contributed by atoms with Crippen LogP contribution in [0.25, 0.3) is 0 Å². The summed E-state index contributed by atoms with van der Waals surface area (Å²) in [4.78, 5) is 11.7. The molecule has 18 heavy (non-hydrogen) atoms. The molecule has 0 aromatic heterocycles. The lowest BCUT2D eigenvalue weighted by molar-refractivity contribution is 0.0693. The Morgan fingerprint density at radius 1 is 1.39 bits per heavy atom. The highest BCUT2D eigenvalue weighted by molar-refractivity contribution is 5.99. The molecule has 6 heteroatoms. The summed E-state index contributed by atoms with van der Waals surface area (Å²) in [5, 5.41) is 2.59. The van der Waals surface area contributed by atoms with Crippen LogP contribution in [0, 0.1) is 5.82 Å². The molecule has 0 fully saturated rings. The Kier molecular flexibility index (Phi) is 6.10. The quantitative estimate of drug-likeness (QED) is 0.559. The Balaban J connectivity index is 2.34. The number of rotatable bonds is 7. The predicted octanol–water partition coefficient (Wildman–Crippen LogP) is 0.801. The molecule has 0 saturated heterocycles. The Labute approximate surface area is 105 Å². The first kappa shape index (κ1) is 14.4. The molecule has 1 rings (SSSR count). The number of benzene rings is 1.